The zero-order valence-corrected chi connectivity index (χ0v) is 9.99. The largest absolute Gasteiger partial charge is 0.494 e. The van der Waals surface area contributed by atoms with Crippen LogP contribution in [-0.2, 0) is 6.54 Å². The molecule has 0 radical (unpaired) electrons. The zero-order chi connectivity index (χ0) is 11.8. The highest BCUT2D eigenvalue weighted by molar-refractivity contribution is 5.28. The fourth-order valence-electron chi connectivity index (χ4n) is 1.45. The first kappa shape index (κ1) is 12.6. The van der Waals surface area contributed by atoms with E-state index in [0.717, 1.165) is 18.7 Å². The van der Waals surface area contributed by atoms with E-state index < -0.39 is 0 Å². The van der Waals surface area contributed by atoms with Crippen molar-refractivity contribution < 1.29 is 4.74 Å². The van der Waals surface area contributed by atoms with E-state index >= 15 is 0 Å². The van der Waals surface area contributed by atoms with Crippen molar-refractivity contribution in [3.8, 4) is 18.1 Å². The van der Waals surface area contributed by atoms with Crippen LogP contribution in [0.4, 0.5) is 0 Å². The number of rotatable bonds is 6. The maximum atomic E-state index is 5.44. The minimum atomic E-state index is 0.348. The summed E-state index contributed by atoms with van der Waals surface area (Å²) in [6, 6.07) is 8.46. The SMILES string of the molecule is C#CCC(C)NCc1cccc(OCC)c1. The minimum absolute atomic E-state index is 0.348. The van der Waals surface area contributed by atoms with Gasteiger partial charge in [-0.15, -0.1) is 12.3 Å². The van der Waals surface area contributed by atoms with E-state index in [1.54, 1.807) is 0 Å². The Morgan fingerprint density at radius 2 is 2.31 bits per heavy atom. The molecule has 1 rings (SSSR count). The molecular weight excluding hydrogens is 198 g/mol. The average Bonchev–Trinajstić information content (AvgIpc) is 2.28. The van der Waals surface area contributed by atoms with Gasteiger partial charge in [0.2, 0.25) is 0 Å². The predicted octanol–water partition coefficient (Wildman–Crippen LogP) is 2.59. The van der Waals surface area contributed by atoms with Gasteiger partial charge in [-0.3, -0.25) is 0 Å². The number of nitrogens with one attached hydrogen (secondary N) is 1. The molecule has 0 fully saturated rings. The number of hydrogen-bond donors (Lipinski definition) is 1. The Kier molecular flexibility index (Phi) is 5.45. The van der Waals surface area contributed by atoms with Gasteiger partial charge in [0.15, 0.2) is 0 Å². The summed E-state index contributed by atoms with van der Waals surface area (Å²) in [5, 5.41) is 3.37. The maximum absolute atomic E-state index is 5.44. The highest BCUT2D eigenvalue weighted by Gasteiger charge is 2.00. The van der Waals surface area contributed by atoms with Crippen LogP contribution in [0.5, 0.6) is 5.75 Å². The standard InChI is InChI=1S/C14H19NO/c1-4-7-12(3)15-11-13-8-6-9-14(10-13)16-5-2/h1,6,8-10,12,15H,5,7,11H2,2-3H3. The second-order valence-corrected chi connectivity index (χ2v) is 3.77. The van der Waals surface area contributed by atoms with Crippen molar-refractivity contribution in [1.29, 1.82) is 0 Å². The lowest BCUT2D eigenvalue weighted by atomic mass is 10.2. The monoisotopic (exact) mass is 217 g/mol. The quantitative estimate of drug-likeness (QED) is 0.739. The molecule has 2 nitrogen and oxygen atoms in total. The van der Waals surface area contributed by atoms with Gasteiger partial charge in [0.05, 0.1) is 6.61 Å². The van der Waals surface area contributed by atoms with Gasteiger partial charge >= 0.3 is 0 Å². The summed E-state index contributed by atoms with van der Waals surface area (Å²) in [5.74, 6) is 3.57. The summed E-state index contributed by atoms with van der Waals surface area (Å²) in [6.45, 7) is 5.60. The maximum Gasteiger partial charge on any atom is 0.119 e. The molecule has 0 aliphatic rings. The van der Waals surface area contributed by atoms with Gasteiger partial charge in [-0.25, -0.2) is 0 Å². The van der Waals surface area contributed by atoms with E-state index in [4.69, 9.17) is 11.2 Å². The van der Waals surface area contributed by atoms with E-state index in [9.17, 15) is 0 Å². The van der Waals surface area contributed by atoms with Gasteiger partial charge in [0, 0.05) is 19.0 Å². The van der Waals surface area contributed by atoms with Crippen LogP contribution in [0.2, 0.25) is 0 Å². The molecule has 0 aliphatic heterocycles. The van der Waals surface area contributed by atoms with Crippen LogP contribution in [0, 0.1) is 12.3 Å². The summed E-state index contributed by atoms with van der Waals surface area (Å²) in [6.07, 6.45) is 6.01. The molecule has 1 atom stereocenters. The fourth-order valence-corrected chi connectivity index (χ4v) is 1.45. The van der Waals surface area contributed by atoms with Crippen LogP contribution >= 0.6 is 0 Å². The molecule has 0 saturated carbocycles. The van der Waals surface area contributed by atoms with E-state index in [1.165, 1.54) is 5.56 Å². The summed E-state index contributed by atoms with van der Waals surface area (Å²) in [4.78, 5) is 0. The first-order chi connectivity index (χ1) is 7.76. The van der Waals surface area contributed by atoms with Crippen molar-refractivity contribution in [2.24, 2.45) is 0 Å². The van der Waals surface area contributed by atoms with Gasteiger partial charge in [-0.1, -0.05) is 12.1 Å². The van der Waals surface area contributed by atoms with Crippen LogP contribution < -0.4 is 10.1 Å². The number of benzene rings is 1. The summed E-state index contributed by atoms with van der Waals surface area (Å²) in [5.41, 5.74) is 1.22. The fraction of sp³-hybridized carbons (Fsp3) is 0.429. The van der Waals surface area contributed by atoms with Crippen molar-refractivity contribution >= 4 is 0 Å². The molecule has 86 valence electrons. The second kappa shape index (κ2) is 6.92. The Hall–Kier alpha value is -1.46. The van der Waals surface area contributed by atoms with Gasteiger partial charge in [-0.05, 0) is 31.5 Å². The van der Waals surface area contributed by atoms with Crippen molar-refractivity contribution in [2.45, 2.75) is 32.9 Å². The topological polar surface area (TPSA) is 21.3 Å². The van der Waals surface area contributed by atoms with Gasteiger partial charge in [-0.2, -0.15) is 0 Å². The molecule has 0 aliphatic carbocycles. The third kappa shape index (κ3) is 4.37. The zero-order valence-electron chi connectivity index (χ0n) is 9.99. The molecule has 0 aromatic heterocycles. The molecular formula is C14H19NO. The molecule has 0 saturated heterocycles. The Morgan fingerprint density at radius 3 is 3.00 bits per heavy atom. The van der Waals surface area contributed by atoms with Crippen molar-refractivity contribution in [1.82, 2.24) is 5.32 Å². The molecule has 1 aromatic rings. The third-order valence-electron chi connectivity index (χ3n) is 2.29. The normalized spacial score (nSPS) is 11.8. The molecule has 2 heteroatoms. The molecule has 0 spiro atoms. The van der Waals surface area contributed by atoms with E-state index in [-0.39, 0.29) is 0 Å². The second-order valence-electron chi connectivity index (χ2n) is 3.77. The number of ether oxygens (including phenoxy) is 1. The molecule has 1 N–H and O–H groups in total. The van der Waals surface area contributed by atoms with Crippen LogP contribution in [0.1, 0.15) is 25.8 Å². The number of hydrogen-bond acceptors (Lipinski definition) is 2. The van der Waals surface area contributed by atoms with Crippen LogP contribution in [0.15, 0.2) is 24.3 Å². The molecule has 1 aromatic carbocycles. The molecule has 0 bridgehead atoms. The number of terminal acetylenes is 1. The summed E-state index contributed by atoms with van der Waals surface area (Å²) >= 11 is 0. The Bertz CT molecular complexity index is 354. The van der Waals surface area contributed by atoms with Crippen LogP contribution in [-0.4, -0.2) is 12.6 Å². The van der Waals surface area contributed by atoms with Crippen LogP contribution in [0.3, 0.4) is 0 Å². The average molecular weight is 217 g/mol. The Labute approximate surface area is 98.0 Å². The lowest BCUT2D eigenvalue weighted by molar-refractivity contribution is 0.339. The van der Waals surface area contributed by atoms with Gasteiger partial charge in [0.1, 0.15) is 5.75 Å². The van der Waals surface area contributed by atoms with Gasteiger partial charge < -0.3 is 10.1 Å². The summed E-state index contributed by atoms with van der Waals surface area (Å²) in [7, 11) is 0. The lowest BCUT2D eigenvalue weighted by Crippen LogP contribution is -2.24. The molecule has 16 heavy (non-hydrogen) atoms. The van der Waals surface area contributed by atoms with Crippen LogP contribution in [0.25, 0.3) is 0 Å². The third-order valence-corrected chi connectivity index (χ3v) is 2.29. The highest BCUT2D eigenvalue weighted by atomic mass is 16.5. The Morgan fingerprint density at radius 1 is 1.50 bits per heavy atom. The lowest BCUT2D eigenvalue weighted by Gasteiger charge is -2.11. The van der Waals surface area contributed by atoms with Crippen molar-refractivity contribution in [2.75, 3.05) is 6.61 Å². The Balaban J connectivity index is 2.47. The van der Waals surface area contributed by atoms with E-state index in [0.29, 0.717) is 12.6 Å². The molecule has 0 heterocycles. The smallest absolute Gasteiger partial charge is 0.119 e. The van der Waals surface area contributed by atoms with E-state index in [1.807, 2.05) is 19.1 Å². The van der Waals surface area contributed by atoms with Gasteiger partial charge in [0.25, 0.3) is 0 Å². The highest BCUT2D eigenvalue weighted by Crippen LogP contribution is 2.13. The molecule has 1 unspecified atom stereocenters. The summed E-state index contributed by atoms with van der Waals surface area (Å²) < 4.78 is 5.44. The predicted molar refractivity (Wildman–Crippen MR) is 67.4 cm³/mol. The molecule has 0 amide bonds. The minimum Gasteiger partial charge on any atom is -0.494 e. The van der Waals surface area contributed by atoms with Crippen molar-refractivity contribution in [3.63, 3.8) is 0 Å². The first-order valence-corrected chi connectivity index (χ1v) is 5.64. The van der Waals surface area contributed by atoms with E-state index in [2.05, 4.69) is 30.3 Å². The van der Waals surface area contributed by atoms with Crippen molar-refractivity contribution in [3.05, 3.63) is 29.8 Å². The first-order valence-electron chi connectivity index (χ1n) is 5.64.